The van der Waals surface area contributed by atoms with Gasteiger partial charge in [0, 0.05) is 21.3 Å². The number of hydrogen-bond acceptors (Lipinski definition) is 0. The molecular weight excluding hydrogens is 548 g/mol. The van der Waals surface area contributed by atoms with Gasteiger partial charge in [-0.25, -0.2) is 0 Å². The molecule has 0 fully saturated rings. The monoisotopic (exact) mass is 572 g/mol. The second-order valence-electron chi connectivity index (χ2n) is 10.9. The van der Waals surface area contributed by atoms with E-state index < -0.39 is 0 Å². The molecular formula is C36H26BrCl. The van der Waals surface area contributed by atoms with Crippen LogP contribution in [0, 0.1) is 0 Å². The van der Waals surface area contributed by atoms with Crippen molar-refractivity contribution in [3.8, 4) is 0 Å². The first kappa shape index (κ1) is 22.8. The molecule has 2 atom stereocenters. The third-order valence-corrected chi connectivity index (χ3v) is 9.99. The van der Waals surface area contributed by atoms with Crippen molar-refractivity contribution in [2.75, 3.05) is 0 Å². The molecule has 0 saturated carbocycles. The summed E-state index contributed by atoms with van der Waals surface area (Å²) in [4.78, 5) is 0. The highest BCUT2D eigenvalue weighted by atomic mass is 79.9. The minimum Gasteiger partial charge on any atom is -0.0842 e. The fourth-order valence-corrected chi connectivity index (χ4v) is 8.17. The fraction of sp³-hybridized carbons (Fsp3) is 0.167. The summed E-state index contributed by atoms with van der Waals surface area (Å²) < 4.78 is 1.17. The molecule has 0 heterocycles. The molecule has 0 amide bonds. The Morgan fingerprint density at radius 2 is 1.47 bits per heavy atom. The number of benzene rings is 4. The lowest BCUT2D eigenvalue weighted by molar-refractivity contribution is 0.769. The van der Waals surface area contributed by atoms with Crippen molar-refractivity contribution in [1.82, 2.24) is 0 Å². The molecule has 0 bridgehead atoms. The maximum Gasteiger partial charge on any atom is 0.0438 e. The molecule has 2 unspecified atom stereocenters. The molecule has 8 rings (SSSR count). The third-order valence-electron chi connectivity index (χ3n) is 8.94. The molecule has 0 radical (unpaired) electrons. The SMILES string of the molecule is ClC1=C(C2=c3cc4ccccc4cc3=C(C3=CC=CCC3)C3c4cccc5c(Br)ccc(c45)C23)CCC=C1. The zero-order chi connectivity index (χ0) is 25.4. The predicted molar refractivity (Wildman–Crippen MR) is 165 cm³/mol. The summed E-state index contributed by atoms with van der Waals surface area (Å²) in [5.74, 6) is 0.515. The van der Waals surface area contributed by atoms with Gasteiger partial charge in [-0.05, 0) is 115 Å². The fourth-order valence-electron chi connectivity index (χ4n) is 7.42. The Hall–Kier alpha value is -3.13. The van der Waals surface area contributed by atoms with Crippen molar-refractivity contribution in [2.45, 2.75) is 37.5 Å². The van der Waals surface area contributed by atoms with E-state index in [2.05, 4.69) is 113 Å². The molecule has 4 aliphatic rings. The number of hydrogen-bond donors (Lipinski definition) is 0. The van der Waals surface area contributed by atoms with Crippen LogP contribution >= 0.6 is 27.5 Å². The molecule has 184 valence electrons. The number of halogens is 2. The Labute approximate surface area is 236 Å². The first-order chi connectivity index (χ1) is 18.7. The number of fused-ring (bicyclic) bond motifs is 5. The lowest BCUT2D eigenvalue weighted by Gasteiger charge is -2.35. The van der Waals surface area contributed by atoms with Crippen molar-refractivity contribution in [3.05, 3.63) is 139 Å². The normalized spacial score (nSPS) is 21.8. The molecule has 0 N–H and O–H groups in total. The molecule has 0 saturated heterocycles. The van der Waals surface area contributed by atoms with Crippen LogP contribution in [0.4, 0.5) is 0 Å². The Morgan fingerprint density at radius 3 is 2.24 bits per heavy atom. The van der Waals surface area contributed by atoms with E-state index in [1.165, 1.54) is 69.9 Å². The van der Waals surface area contributed by atoms with Crippen molar-refractivity contribution in [3.63, 3.8) is 0 Å². The minimum atomic E-state index is 0.244. The third kappa shape index (κ3) is 3.22. The number of rotatable bonds is 2. The van der Waals surface area contributed by atoms with Gasteiger partial charge >= 0.3 is 0 Å². The van der Waals surface area contributed by atoms with Crippen LogP contribution in [0.3, 0.4) is 0 Å². The second kappa shape index (κ2) is 8.70. The van der Waals surface area contributed by atoms with Crippen LogP contribution in [-0.4, -0.2) is 0 Å². The quantitative estimate of drug-likeness (QED) is 0.224. The molecule has 2 heteroatoms. The van der Waals surface area contributed by atoms with Gasteiger partial charge in [-0.1, -0.05) is 100 Å². The average molecular weight is 574 g/mol. The van der Waals surface area contributed by atoms with Crippen LogP contribution in [0.15, 0.2) is 118 Å². The van der Waals surface area contributed by atoms with Gasteiger partial charge in [-0.2, -0.15) is 0 Å². The van der Waals surface area contributed by atoms with E-state index in [4.69, 9.17) is 11.6 Å². The Kier molecular flexibility index (Phi) is 5.22. The highest BCUT2D eigenvalue weighted by molar-refractivity contribution is 9.10. The van der Waals surface area contributed by atoms with Crippen molar-refractivity contribution >= 4 is 60.2 Å². The Morgan fingerprint density at radius 1 is 0.737 bits per heavy atom. The van der Waals surface area contributed by atoms with E-state index in [0.717, 1.165) is 30.7 Å². The molecule has 0 spiro atoms. The summed E-state index contributed by atoms with van der Waals surface area (Å²) in [6.45, 7) is 0. The predicted octanol–water partition coefficient (Wildman–Crippen LogP) is 9.07. The first-order valence-corrected chi connectivity index (χ1v) is 14.8. The lowest BCUT2D eigenvalue weighted by Crippen LogP contribution is -2.39. The highest BCUT2D eigenvalue weighted by Crippen LogP contribution is 2.59. The van der Waals surface area contributed by atoms with Gasteiger partial charge in [0.1, 0.15) is 0 Å². The zero-order valence-electron chi connectivity index (χ0n) is 21.0. The van der Waals surface area contributed by atoms with Gasteiger partial charge in [-0.3, -0.25) is 0 Å². The highest BCUT2D eigenvalue weighted by Gasteiger charge is 2.43. The number of allylic oxidation sites excluding steroid dienone is 8. The van der Waals surface area contributed by atoms with Gasteiger partial charge in [0.05, 0.1) is 0 Å². The van der Waals surface area contributed by atoms with E-state index in [1.54, 1.807) is 0 Å². The molecule has 0 nitrogen and oxygen atoms in total. The van der Waals surface area contributed by atoms with Crippen LogP contribution in [0.25, 0.3) is 32.7 Å². The first-order valence-electron chi connectivity index (χ1n) is 13.6. The largest absolute Gasteiger partial charge is 0.0842 e. The maximum absolute atomic E-state index is 7.05. The van der Waals surface area contributed by atoms with E-state index >= 15 is 0 Å². The van der Waals surface area contributed by atoms with Gasteiger partial charge in [0.25, 0.3) is 0 Å². The van der Waals surface area contributed by atoms with Gasteiger partial charge < -0.3 is 0 Å². The van der Waals surface area contributed by atoms with E-state index in [1.807, 2.05) is 0 Å². The summed E-state index contributed by atoms with van der Waals surface area (Å²) >= 11 is 10.9. The molecule has 0 aliphatic heterocycles. The Bertz CT molecular complexity index is 1950. The summed E-state index contributed by atoms with van der Waals surface area (Å²) in [7, 11) is 0. The topological polar surface area (TPSA) is 0 Å². The van der Waals surface area contributed by atoms with Crippen LogP contribution in [0.5, 0.6) is 0 Å². The van der Waals surface area contributed by atoms with Crippen molar-refractivity contribution in [2.24, 2.45) is 0 Å². The van der Waals surface area contributed by atoms with Crippen molar-refractivity contribution in [1.29, 1.82) is 0 Å². The molecule has 0 aromatic heterocycles. The maximum atomic E-state index is 7.05. The van der Waals surface area contributed by atoms with E-state index in [-0.39, 0.29) is 11.8 Å². The lowest BCUT2D eigenvalue weighted by atomic mass is 9.68. The van der Waals surface area contributed by atoms with Gasteiger partial charge in [0.2, 0.25) is 0 Å². The summed E-state index contributed by atoms with van der Waals surface area (Å²) in [6.07, 6.45) is 15.4. The molecule has 38 heavy (non-hydrogen) atoms. The van der Waals surface area contributed by atoms with Crippen LogP contribution in [0.1, 0.15) is 48.6 Å². The van der Waals surface area contributed by atoms with Crippen molar-refractivity contribution < 1.29 is 0 Å². The molecule has 4 aromatic carbocycles. The molecule has 4 aromatic rings. The standard InChI is InChI=1S/C36H26BrCl/c37-30-18-17-27-33-24(30)14-8-15-26(33)35-32(21-9-2-1-3-10-21)28-19-22-11-4-5-12-23(22)20-29(28)34(36(27)35)25-13-6-7-16-31(25)38/h1-2,4-5,7-9,11-12,14-20,35-36H,3,6,10,13H2. The summed E-state index contributed by atoms with van der Waals surface area (Å²) in [5, 5.41) is 8.96. The second-order valence-corrected chi connectivity index (χ2v) is 12.1. The Balaban J connectivity index is 1.61. The zero-order valence-corrected chi connectivity index (χ0v) is 23.3. The summed E-state index contributed by atoms with van der Waals surface area (Å²) in [6, 6.07) is 25.2. The van der Waals surface area contributed by atoms with E-state index in [0.29, 0.717) is 0 Å². The average Bonchev–Trinajstić information content (AvgIpc) is 3.28. The van der Waals surface area contributed by atoms with Gasteiger partial charge in [-0.15, -0.1) is 0 Å². The van der Waals surface area contributed by atoms with Crippen LogP contribution < -0.4 is 10.4 Å². The summed E-state index contributed by atoms with van der Waals surface area (Å²) in [5.41, 5.74) is 8.63. The minimum absolute atomic E-state index is 0.244. The van der Waals surface area contributed by atoms with Gasteiger partial charge in [0.15, 0.2) is 0 Å². The van der Waals surface area contributed by atoms with E-state index in [9.17, 15) is 0 Å². The smallest absolute Gasteiger partial charge is 0.0438 e. The van der Waals surface area contributed by atoms with Crippen LogP contribution in [0.2, 0.25) is 0 Å². The van der Waals surface area contributed by atoms with Crippen LogP contribution in [-0.2, 0) is 0 Å². The molecule has 4 aliphatic carbocycles.